The average molecular weight is 1420 g/mol. The molecule has 16 rings (SSSR count). The van der Waals surface area contributed by atoms with E-state index in [2.05, 4.69) is 76.0 Å². The second-order valence-corrected chi connectivity index (χ2v) is 26.8. The molecule has 0 bridgehead atoms. The Bertz CT molecular complexity index is 4940. The van der Waals surface area contributed by atoms with Crippen LogP contribution in [0.15, 0.2) is 122 Å². The van der Waals surface area contributed by atoms with E-state index in [0.29, 0.717) is 111 Å². The molecule has 9 aromatic heterocycles. The van der Waals surface area contributed by atoms with Crippen molar-refractivity contribution < 1.29 is 46.9 Å². The molecule has 13 heterocycles. The van der Waals surface area contributed by atoms with Crippen LogP contribution in [0.2, 0.25) is 0 Å². The SMILES string of the molecule is CC(=O)CCNc1cc(C(C)NC2CCOCC2)nc2c(-c3cnc4ccc(F)cc4c3)cnn12.CC(NC1CCOCC1)c1cc(NCCC(=O)O)n2ncc(-c3cnc4ccc(F)cc4c3)c2n1.CC(NC1CCOCC1)c1nc2c(-c3cnc4ccc(F)cc4c3)cnn2c2c1C(=O)CCN2. The topological polar surface area (TPSA) is 301 Å². The number of rotatable bonds is 20. The number of pyridine rings is 3. The highest BCUT2D eigenvalue weighted by Gasteiger charge is 2.31. The van der Waals surface area contributed by atoms with E-state index < -0.39 is 5.97 Å². The van der Waals surface area contributed by atoms with Gasteiger partial charge in [0, 0.05) is 189 Å². The number of carboxylic acids is 1. The monoisotopic (exact) mass is 1410 g/mol. The lowest BCUT2D eigenvalue weighted by molar-refractivity contribution is -0.136. The highest BCUT2D eigenvalue weighted by atomic mass is 19.1. The van der Waals surface area contributed by atoms with Gasteiger partial charge in [0.1, 0.15) is 40.7 Å². The van der Waals surface area contributed by atoms with E-state index in [-0.39, 0.29) is 60.1 Å². The molecule has 4 aliphatic heterocycles. The number of carbonyl (C=O) groups is 3. The number of halogens is 3. The van der Waals surface area contributed by atoms with Gasteiger partial charge < -0.3 is 51.2 Å². The van der Waals surface area contributed by atoms with Crippen molar-refractivity contribution in [3.05, 3.63) is 162 Å². The second-order valence-electron chi connectivity index (χ2n) is 26.8. The van der Waals surface area contributed by atoms with E-state index >= 15 is 0 Å². The summed E-state index contributed by atoms with van der Waals surface area (Å²) in [5.41, 5.74) is 11.8. The zero-order valence-corrected chi connectivity index (χ0v) is 58.1. The maximum Gasteiger partial charge on any atom is 0.305 e. The van der Waals surface area contributed by atoms with Gasteiger partial charge in [-0.25, -0.2) is 28.1 Å². The molecule has 3 saturated heterocycles. The number of anilines is 3. The fraction of sp³-hybridized carbons (Fsp3) is 0.368. The molecule has 3 fully saturated rings. The summed E-state index contributed by atoms with van der Waals surface area (Å²) in [5.74, 6) is 0.451. The molecular weight excluding hydrogens is 1330 g/mol. The molecule has 0 amide bonds. The number of aliphatic carboxylic acids is 1. The molecule has 538 valence electrons. The van der Waals surface area contributed by atoms with Gasteiger partial charge in [-0.1, -0.05) is 0 Å². The summed E-state index contributed by atoms with van der Waals surface area (Å²) in [6, 6.07) is 24.0. The number of nitrogens with zero attached hydrogens (tertiary/aromatic N) is 12. The predicted octanol–water partition coefficient (Wildman–Crippen LogP) is 12.0. The number of ketones is 2. The highest BCUT2D eigenvalue weighted by molar-refractivity contribution is 6.04. The van der Waals surface area contributed by atoms with Crippen LogP contribution in [0.3, 0.4) is 0 Å². The minimum Gasteiger partial charge on any atom is -0.481 e. The van der Waals surface area contributed by atoms with Crippen molar-refractivity contribution in [3.63, 3.8) is 0 Å². The zero-order chi connectivity index (χ0) is 72.0. The first-order chi connectivity index (χ1) is 50.5. The minimum atomic E-state index is -0.881. The zero-order valence-electron chi connectivity index (χ0n) is 58.1. The van der Waals surface area contributed by atoms with E-state index in [9.17, 15) is 27.6 Å². The number of Topliss-reactive ketones (excluding diaryl/α,β-unsaturated/α-hetero) is 2. The van der Waals surface area contributed by atoms with E-state index in [1.807, 2.05) is 37.3 Å². The number of hydrogen-bond acceptors (Lipinski definition) is 21. The Morgan fingerprint density at radius 3 is 1.34 bits per heavy atom. The molecule has 12 aromatic rings. The summed E-state index contributed by atoms with van der Waals surface area (Å²) in [6.07, 6.45) is 16.9. The van der Waals surface area contributed by atoms with Gasteiger partial charge in [-0.15, -0.1) is 0 Å². The van der Waals surface area contributed by atoms with Crippen LogP contribution in [0.5, 0.6) is 0 Å². The number of fused-ring (bicyclic) bond motifs is 8. The summed E-state index contributed by atoms with van der Waals surface area (Å²) in [6.45, 7) is 13.6. The number of carbonyl (C=O) groups excluding carboxylic acids is 2. The van der Waals surface area contributed by atoms with Crippen LogP contribution in [0.4, 0.5) is 30.6 Å². The molecule has 3 atom stereocenters. The van der Waals surface area contributed by atoms with Crippen molar-refractivity contribution in [3.8, 4) is 33.4 Å². The Balaban J connectivity index is 0.000000132. The van der Waals surface area contributed by atoms with Gasteiger partial charge >= 0.3 is 5.97 Å². The maximum absolute atomic E-state index is 13.8. The lowest BCUT2D eigenvalue weighted by Gasteiger charge is -2.29. The molecule has 104 heavy (non-hydrogen) atoms. The average Bonchev–Trinajstić information content (AvgIpc) is 1.52. The van der Waals surface area contributed by atoms with Crippen LogP contribution < -0.4 is 31.9 Å². The molecule has 3 aromatic carbocycles. The van der Waals surface area contributed by atoms with Crippen molar-refractivity contribution in [1.29, 1.82) is 0 Å². The second kappa shape index (κ2) is 31.6. The fourth-order valence-electron chi connectivity index (χ4n) is 13.8. The fourth-order valence-corrected chi connectivity index (χ4v) is 13.8. The van der Waals surface area contributed by atoms with Crippen LogP contribution in [-0.2, 0) is 23.8 Å². The number of ether oxygens (including phenoxy) is 3. The summed E-state index contributed by atoms with van der Waals surface area (Å²) in [4.78, 5) is 63.9. The molecule has 3 unspecified atom stereocenters. The van der Waals surface area contributed by atoms with Gasteiger partial charge in [0.2, 0.25) is 0 Å². The van der Waals surface area contributed by atoms with Crippen LogP contribution in [0.1, 0.15) is 131 Å². The third kappa shape index (κ3) is 16.0. The van der Waals surface area contributed by atoms with Crippen molar-refractivity contribution >= 4 is 84.6 Å². The van der Waals surface area contributed by atoms with Crippen LogP contribution >= 0.6 is 0 Å². The quantitative estimate of drug-likeness (QED) is 0.0373. The summed E-state index contributed by atoms with van der Waals surface area (Å²) in [7, 11) is 0. The summed E-state index contributed by atoms with van der Waals surface area (Å²) in [5, 5.41) is 45.7. The van der Waals surface area contributed by atoms with Gasteiger partial charge in [-0.05, 0) is 139 Å². The van der Waals surface area contributed by atoms with Crippen molar-refractivity contribution in [1.82, 2.24) is 74.7 Å². The Morgan fingerprint density at radius 1 is 0.529 bits per heavy atom. The maximum atomic E-state index is 13.8. The number of hydrogen-bond donors (Lipinski definition) is 7. The Morgan fingerprint density at radius 2 is 0.923 bits per heavy atom. The first-order valence-corrected chi connectivity index (χ1v) is 35.4. The van der Waals surface area contributed by atoms with Gasteiger partial charge in [0.15, 0.2) is 22.7 Å². The predicted molar refractivity (Wildman–Crippen MR) is 389 cm³/mol. The number of nitrogens with one attached hydrogen (secondary N) is 6. The van der Waals surface area contributed by atoms with Crippen molar-refractivity contribution in [2.45, 2.75) is 122 Å². The molecule has 0 saturated carbocycles. The molecule has 0 spiro atoms. The minimum absolute atomic E-state index is 0.00281. The highest BCUT2D eigenvalue weighted by Crippen LogP contribution is 2.36. The number of carboxylic acid groups (broad SMARTS) is 1. The van der Waals surface area contributed by atoms with Crippen molar-refractivity contribution in [2.24, 2.45) is 0 Å². The lowest BCUT2D eigenvalue weighted by atomic mass is 9.98. The molecule has 25 nitrogen and oxygen atoms in total. The molecule has 0 radical (unpaired) electrons. The van der Waals surface area contributed by atoms with E-state index in [0.717, 1.165) is 134 Å². The summed E-state index contributed by atoms with van der Waals surface area (Å²) < 4.78 is 63.0. The molecule has 0 aliphatic carbocycles. The van der Waals surface area contributed by atoms with Gasteiger partial charge in [-0.2, -0.15) is 28.8 Å². The van der Waals surface area contributed by atoms with Gasteiger partial charge in [0.25, 0.3) is 0 Å². The normalized spacial score (nSPS) is 16.2. The van der Waals surface area contributed by atoms with E-state index in [1.54, 1.807) is 75.9 Å². The smallest absolute Gasteiger partial charge is 0.305 e. The number of aromatic nitrogens is 12. The van der Waals surface area contributed by atoms with E-state index in [1.165, 1.54) is 36.4 Å². The Hall–Kier alpha value is -10.5. The molecule has 4 aliphatic rings. The molecule has 28 heteroatoms. The van der Waals surface area contributed by atoms with Gasteiger partial charge in [-0.3, -0.25) is 29.3 Å². The van der Waals surface area contributed by atoms with Crippen molar-refractivity contribution in [2.75, 3.05) is 75.2 Å². The summed E-state index contributed by atoms with van der Waals surface area (Å²) >= 11 is 0. The largest absolute Gasteiger partial charge is 0.481 e. The molecular formula is C76H81F3N18O7. The Kier molecular flexibility index (Phi) is 21.5. The third-order valence-electron chi connectivity index (χ3n) is 19.3. The molecule has 7 N–H and O–H groups in total. The standard InChI is InChI=1S/C26H29FN6O2.C25H27FN6O3.C25H25FN6O2/c1-16(34)5-8-28-25-13-24(17(2)31-21-6-9-35-10-7-21)32-26-22(15-30-33(25)26)19-11-18-12-20(27)3-4-23(18)29-14-19;1-15(30-19-5-8-35-9-6-19)22-12-23(27-7-4-24(33)34)32-25(31-22)20(14-29-32)17-10-16-11-18(26)2-3-21(16)28-13-17;1-14(30-18-5-8-34-9-6-18)23-22-21(33)4-7-27-25(22)32-24(31-23)19(13-29-32)16-10-15-11-17(26)2-3-20(15)28-12-16/h3-4,11-15,17,21,28,31H,5-10H2,1-2H3;2-3,10-15,19,27,30H,4-9H2,1H3,(H,33,34);2-3,10-14,18,27,30H,4-9H2,1H3. The van der Waals surface area contributed by atoms with Crippen LogP contribution in [0, 0.1) is 17.5 Å². The van der Waals surface area contributed by atoms with Gasteiger partial charge in [0.05, 0.1) is 64.2 Å². The Labute approximate surface area is 596 Å². The third-order valence-corrected chi connectivity index (χ3v) is 19.3. The first-order valence-electron chi connectivity index (χ1n) is 35.4. The first kappa shape index (κ1) is 70.5. The van der Waals surface area contributed by atoms with E-state index in [4.69, 9.17) is 34.3 Å². The van der Waals surface area contributed by atoms with Crippen LogP contribution in [0.25, 0.3) is 83.0 Å². The lowest BCUT2D eigenvalue weighted by Crippen LogP contribution is -2.37. The van der Waals surface area contributed by atoms with Crippen LogP contribution in [-0.4, -0.2) is 159 Å². The number of benzene rings is 3.